The molecule has 0 fully saturated rings. The molecule has 0 spiro atoms. The molecule has 1 aromatic heterocycles. The quantitative estimate of drug-likeness (QED) is 0.538. The van der Waals surface area contributed by atoms with Crippen molar-refractivity contribution in [1.82, 2.24) is 0 Å². The van der Waals surface area contributed by atoms with E-state index in [0.717, 1.165) is 10.9 Å². The molecule has 4 aromatic rings. The molecule has 4 heteroatoms. The van der Waals surface area contributed by atoms with Gasteiger partial charge in [0.1, 0.15) is 23.9 Å². The van der Waals surface area contributed by atoms with E-state index in [1.807, 2.05) is 36.4 Å². The van der Waals surface area contributed by atoms with E-state index < -0.39 is 5.63 Å². The van der Waals surface area contributed by atoms with Gasteiger partial charge in [-0.2, -0.15) is 0 Å². The van der Waals surface area contributed by atoms with E-state index in [9.17, 15) is 9.90 Å². The second-order valence-electron chi connectivity index (χ2n) is 6.51. The Morgan fingerprint density at radius 3 is 2.11 bits per heavy atom. The summed E-state index contributed by atoms with van der Waals surface area (Å²) in [6.45, 7) is 0.612. The molecular weight excluding hydrogens is 338 g/mol. The molecule has 0 saturated carbocycles. The molecule has 0 atom stereocenters. The average Bonchev–Trinajstić information content (AvgIpc) is 2.69. The fourth-order valence-corrected chi connectivity index (χ4v) is 3.42. The molecule has 1 heterocycles. The van der Waals surface area contributed by atoms with Crippen molar-refractivity contribution in [2.24, 2.45) is 0 Å². The van der Waals surface area contributed by atoms with Crippen molar-refractivity contribution in [3.05, 3.63) is 112 Å². The number of nitrogens with two attached hydrogens (primary N) is 1. The molecule has 0 aliphatic heterocycles. The van der Waals surface area contributed by atoms with Crippen LogP contribution in [0.25, 0.3) is 11.0 Å². The predicted octanol–water partition coefficient (Wildman–Crippen LogP) is 3.35. The van der Waals surface area contributed by atoms with Crippen LogP contribution in [0.3, 0.4) is 0 Å². The fourth-order valence-electron chi connectivity index (χ4n) is 3.42. The van der Waals surface area contributed by atoms with Gasteiger partial charge in [0.15, 0.2) is 0 Å². The van der Waals surface area contributed by atoms with Crippen molar-refractivity contribution in [3.63, 3.8) is 0 Å². The van der Waals surface area contributed by atoms with Crippen molar-refractivity contribution in [3.8, 4) is 5.75 Å². The highest BCUT2D eigenvalue weighted by molar-refractivity contribution is 5.81. The van der Waals surface area contributed by atoms with Crippen LogP contribution in [0.15, 0.2) is 94.1 Å². The molecule has 27 heavy (non-hydrogen) atoms. The molecule has 0 aliphatic carbocycles. The molecule has 0 amide bonds. The Morgan fingerprint density at radius 1 is 0.852 bits per heavy atom. The van der Waals surface area contributed by atoms with E-state index >= 15 is 0 Å². The molecule has 134 valence electrons. The summed E-state index contributed by atoms with van der Waals surface area (Å²) in [5.41, 5.74) is 3.29. The molecular formula is C23H20NO3+. The number of benzene rings is 3. The number of quaternary nitrogens is 1. The Morgan fingerprint density at radius 2 is 1.48 bits per heavy atom. The van der Waals surface area contributed by atoms with Crippen LogP contribution in [0.1, 0.15) is 22.7 Å². The van der Waals surface area contributed by atoms with Gasteiger partial charge in [-0.3, -0.25) is 0 Å². The third kappa shape index (κ3) is 3.76. The van der Waals surface area contributed by atoms with E-state index in [4.69, 9.17) is 4.42 Å². The van der Waals surface area contributed by atoms with Crippen LogP contribution in [0.4, 0.5) is 0 Å². The van der Waals surface area contributed by atoms with Crippen LogP contribution in [-0.4, -0.2) is 5.11 Å². The van der Waals surface area contributed by atoms with Crippen molar-refractivity contribution < 1.29 is 14.8 Å². The third-order valence-electron chi connectivity index (χ3n) is 4.70. The smallest absolute Gasteiger partial charge is 0.336 e. The minimum absolute atomic E-state index is 0.0817. The van der Waals surface area contributed by atoms with Crippen LogP contribution in [-0.2, 0) is 6.54 Å². The Kier molecular flexibility index (Phi) is 4.73. The fraction of sp³-hybridized carbons (Fsp3) is 0.0870. The van der Waals surface area contributed by atoms with Gasteiger partial charge in [0.25, 0.3) is 0 Å². The standard InChI is InChI=1S/C23H19NO3/c25-19-11-12-20-18(13-22(26)27-21(20)14-19)15-24-23(16-7-3-1-4-8-16)17-9-5-2-6-10-17/h1-14,23-25H,15H2/p+1. The van der Waals surface area contributed by atoms with Gasteiger partial charge in [-0.15, -0.1) is 0 Å². The SMILES string of the molecule is O=c1cc(C[NH2+]C(c2ccccc2)c2ccccc2)c2ccc(O)cc2o1. The molecule has 3 aromatic carbocycles. The summed E-state index contributed by atoms with van der Waals surface area (Å²) in [6.07, 6.45) is 0. The predicted molar refractivity (Wildman–Crippen MR) is 105 cm³/mol. The Balaban J connectivity index is 1.69. The third-order valence-corrected chi connectivity index (χ3v) is 4.70. The highest BCUT2D eigenvalue weighted by atomic mass is 16.4. The molecule has 0 radical (unpaired) electrons. The molecule has 0 bridgehead atoms. The normalized spacial score (nSPS) is 11.1. The average molecular weight is 358 g/mol. The van der Waals surface area contributed by atoms with E-state index in [1.165, 1.54) is 23.3 Å². The molecule has 4 nitrogen and oxygen atoms in total. The van der Waals surface area contributed by atoms with Gasteiger partial charge >= 0.3 is 5.63 Å². The monoisotopic (exact) mass is 358 g/mol. The lowest BCUT2D eigenvalue weighted by atomic mass is 9.98. The highest BCUT2D eigenvalue weighted by Crippen LogP contribution is 2.22. The van der Waals surface area contributed by atoms with Crippen LogP contribution in [0.5, 0.6) is 5.75 Å². The maximum atomic E-state index is 11.9. The van der Waals surface area contributed by atoms with Crippen molar-refractivity contribution in [2.45, 2.75) is 12.6 Å². The van der Waals surface area contributed by atoms with Gasteiger partial charge in [-0.1, -0.05) is 60.7 Å². The first-order valence-electron chi connectivity index (χ1n) is 8.90. The van der Waals surface area contributed by atoms with Gasteiger partial charge in [-0.25, -0.2) is 4.79 Å². The van der Waals surface area contributed by atoms with Gasteiger partial charge in [0, 0.05) is 34.2 Å². The summed E-state index contributed by atoms with van der Waals surface area (Å²) in [6, 6.07) is 27.1. The largest absolute Gasteiger partial charge is 0.508 e. The first-order valence-corrected chi connectivity index (χ1v) is 8.90. The second kappa shape index (κ2) is 7.48. The number of rotatable bonds is 5. The number of hydrogen-bond acceptors (Lipinski definition) is 3. The minimum Gasteiger partial charge on any atom is -0.508 e. The molecule has 0 unspecified atom stereocenters. The summed E-state index contributed by atoms with van der Waals surface area (Å²) >= 11 is 0. The zero-order chi connectivity index (χ0) is 18.6. The van der Waals surface area contributed by atoms with E-state index in [2.05, 4.69) is 29.6 Å². The first-order chi connectivity index (χ1) is 13.2. The van der Waals surface area contributed by atoms with Gasteiger partial charge in [-0.05, 0) is 12.1 Å². The second-order valence-corrected chi connectivity index (χ2v) is 6.51. The maximum Gasteiger partial charge on any atom is 0.336 e. The topological polar surface area (TPSA) is 67.0 Å². The Hall–Kier alpha value is -3.37. The number of phenols is 1. The molecule has 0 saturated heterocycles. The summed E-state index contributed by atoms with van der Waals surface area (Å²) in [5, 5.41) is 12.7. The van der Waals surface area contributed by atoms with Crippen LogP contribution >= 0.6 is 0 Å². The number of phenolic OH excluding ortho intramolecular Hbond substituents is 1. The first kappa shape index (κ1) is 17.1. The van der Waals surface area contributed by atoms with Gasteiger partial charge in [0.2, 0.25) is 0 Å². The zero-order valence-electron chi connectivity index (χ0n) is 14.7. The van der Waals surface area contributed by atoms with Gasteiger partial charge in [0.05, 0.1) is 0 Å². The Labute approximate surface area is 156 Å². The molecule has 3 N–H and O–H groups in total. The van der Waals surface area contributed by atoms with Crippen molar-refractivity contribution in [2.75, 3.05) is 0 Å². The highest BCUT2D eigenvalue weighted by Gasteiger charge is 2.18. The molecule has 0 aliphatic rings. The lowest BCUT2D eigenvalue weighted by molar-refractivity contribution is -0.702. The summed E-state index contributed by atoms with van der Waals surface area (Å²) in [5.74, 6) is 0.0817. The summed E-state index contributed by atoms with van der Waals surface area (Å²) in [4.78, 5) is 11.9. The lowest BCUT2D eigenvalue weighted by Crippen LogP contribution is -2.84. The van der Waals surface area contributed by atoms with Crippen molar-refractivity contribution >= 4 is 11.0 Å². The summed E-state index contributed by atoms with van der Waals surface area (Å²) in [7, 11) is 0. The summed E-state index contributed by atoms with van der Waals surface area (Å²) < 4.78 is 5.23. The zero-order valence-corrected chi connectivity index (χ0v) is 14.7. The van der Waals surface area contributed by atoms with Gasteiger partial charge < -0.3 is 14.8 Å². The van der Waals surface area contributed by atoms with E-state index in [-0.39, 0.29) is 11.8 Å². The minimum atomic E-state index is -0.410. The van der Waals surface area contributed by atoms with Crippen LogP contribution in [0.2, 0.25) is 0 Å². The van der Waals surface area contributed by atoms with Crippen LogP contribution in [0, 0.1) is 0 Å². The number of fused-ring (bicyclic) bond motifs is 1. The van der Waals surface area contributed by atoms with E-state index in [0.29, 0.717) is 12.1 Å². The van der Waals surface area contributed by atoms with E-state index in [1.54, 1.807) is 12.1 Å². The van der Waals surface area contributed by atoms with Crippen LogP contribution < -0.4 is 10.9 Å². The maximum absolute atomic E-state index is 11.9. The number of hydrogen-bond donors (Lipinski definition) is 2. The Bertz CT molecular complexity index is 1070. The molecule has 4 rings (SSSR count). The lowest BCUT2D eigenvalue weighted by Gasteiger charge is -2.17. The number of aromatic hydroxyl groups is 1. The van der Waals surface area contributed by atoms with Crippen molar-refractivity contribution in [1.29, 1.82) is 0 Å².